The van der Waals surface area contributed by atoms with Crippen molar-refractivity contribution < 1.29 is 9.59 Å². The van der Waals surface area contributed by atoms with Gasteiger partial charge in [0, 0.05) is 25.1 Å². The number of aromatic amines is 1. The highest BCUT2D eigenvalue weighted by Gasteiger charge is 2.27. The van der Waals surface area contributed by atoms with Crippen LogP contribution in [0.2, 0.25) is 0 Å². The third-order valence-electron chi connectivity index (χ3n) is 7.21. The molecular formula is C33H34N4O2. The summed E-state index contributed by atoms with van der Waals surface area (Å²) < 4.78 is 0. The topological polar surface area (TPSA) is 86.9 Å². The van der Waals surface area contributed by atoms with Crippen molar-refractivity contribution in [3.63, 3.8) is 0 Å². The van der Waals surface area contributed by atoms with Crippen molar-refractivity contribution in [3.8, 4) is 0 Å². The first-order valence-electron chi connectivity index (χ1n) is 13.6. The summed E-state index contributed by atoms with van der Waals surface area (Å²) in [6.45, 7) is 2.56. The lowest BCUT2D eigenvalue weighted by atomic mass is 9.87. The summed E-state index contributed by atoms with van der Waals surface area (Å²) in [5.74, 6) is -0.701. The predicted molar refractivity (Wildman–Crippen MR) is 156 cm³/mol. The lowest BCUT2D eigenvalue weighted by Crippen LogP contribution is -2.50. The molecule has 6 heteroatoms. The van der Waals surface area contributed by atoms with Gasteiger partial charge in [-0.15, -0.1) is 0 Å². The van der Waals surface area contributed by atoms with E-state index < -0.39 is 6.04 Å². The van der Waals surface area contributed by atoms with E-state index in [2.05, 4.69) is 69.1 Å². The number of hydrogen-bond acceptors (Lipinski definition) is 3. The molecule has 0 aliphatic rings. The van der Waals surface area contributed by atoms with Gasteiger partial charge in [-0.2, -0.15) is 0 Å². The van der Waals surface area contributed by atoms with E-state index >= 15 is 0 Å². The molecule has 6 nitrogen and oxygen atoms in total. The molecule has 2 amide bonds. The van der Waals surface area contributed by atoms with Gasteiger partial charge in [0.25, 0.3) is 0 Å². The van der Waals surface area contributed by atoms with Gasteiger partial charge >= 0.3 is 0 Å². The number of amides is 2. The lowest BCUT2D eigenvalue weighted by molar-refractivity contribution is -0.131. The molecule has 0 aliphatic heterocycles. The maximum atomic E-state index is 14.0. The van der Waals surface area contributed by atoms with E-state index in [4.69, 9.17) is 0 Å². The number of carbonyl (C=O) groups is 2. The van der Waals surface area contributed by atoms with Crippen molar-refractivity contribution in [2.24, 2.45) is 5.92 Å². The molecular weight excluding hydrogens is 484 g/mol. The molecule has 1 heterocycles. The Bertz CT molecular complexity index is 1470. The molecule has 1 unspecified atom stereocenters. The number of fused-ring (bicyclic) bond motifs is 2. The number of H-pyrrole nitrogens is 1. The van der Waals surface area contributed by atoms with Crippen LogP contribution in [0.25, 0.3) is 21.5 Å². The maximum Gasteiger partial charge on any atom is 0.242 e. The molecule has 39 heavy (non-hydrogen) atoms. The summed E-state index contributed by atoms with van der Waals surface area (Å²) in [4.78, 5) is 34.3. The molecule has 0 fully saturated rings. The smallest absolute Gasteiger partial charge is 0.242 e. The fourth-order valence-electron chi connectivity index (χ4n) is 5.21. The van der Waals surface area contributed by atoms with Crippen LogP contribution in [0, 0.1) is 5.92 Å². The molecule has 0 bridgehead atoms. The van der Waals surface area contributed by atoms with Gasteiger partial charge in [-0.25, -0.2) is 4.98 Å². The SMILES string of the molecule is CCCNC(=O)C(Cc1c[nH]cn1)NC(=O)C(Cc1cccc2ccccc12)Cc1cccc2ccccc12. The fourth-order valence-corrected chi connectivity index (χ4v) is 5.21. The number of rotatable bonds is 11. The van der Waals surface area contributed by atoms with Gasteiger partial charge < -0.3 is 15.6 Å². The zero-order chi connectivity index (χ0) is 27.0. The molecule has 0 radical (unpaired) electrons. The zero-order valence-electron chi connectivity index (χ0n) is 22.2. The van der Waals surface area contributed by atoms with Crippen molar-refractivity contribution in [1.29, 1.82) is 0 Å². The van der Waals surface area contributed by atoms with Gasteiger partial charge in [-0.05, 0) is 51.9 Å². The van der Waals surface area contributed by atoms with Gasteiger partial charge in [0.15, 0.2) is 0 Å². The molecule has 5 rings (SSSR count). The van der Waals surface area contributed by atoms with Crippen LogP contribution >= 0.6 is 0 Å². The Labute approximate surface area is 228 Å². The Kier molecular flexibility index (Phi) is 8.32. The van der Waals surface area contributed by atoms with E-state index in [9.17, 15) is 9.59 Å². The number of carbonyl (C=O) groups excluding carboxylic acids is 2. The van der Waals surface area contributed by atoms with Gasteiger partial charge in [0.2, 0.25) is 11.8 Å². The summed E-state index contributed by atoms with van der Waals surface area (Å²) in [5, 5.41) is 10.6. The Morgan fingerprint density at radius 2 is 1.36 bits per heavy atom. The molecule has 4 aromatic carbocycles. The van der Waals surface area contributed by atoms with Crippen molar-refractivity contribution in [1.82, 2.24) is 20.6 Å². The van der Waals surface area contributed by atoms with Crippen LogP contribution in [0.3, 0.4) is 0 Å². The second kappa shape index (κ2) is 12.4. The molecule has 1 atom stereocenters. The van der Waals surface area contributed by atoms with Crippen LogP contribution in [-0.4, -0.2) is 34.4 Å². The van der Waals surface area contributed by atoms with Crippen molar-refractivity contribution >= 4 is 33.4 Å². The molecule has 0 aliphatic carbocycles. The number of benzene rings is 4. The molecule has 0 spiro atoms. The summed E-state index contributed by atoms with van der Waals surface area (Å²) in [7, 11) is 0. The van der Waals surface area contributed by atoms with Crippen molar-refractivity contribution in [3.05, 3.63) is 114 Å². The first-order chi connectivity index (χ1) is 19.1. The van der Waals surface area contributed by atoms with Crippen LogP contribution in [0.5, 0.6) is 0 Å². The number of imidazole rings is 1. The van der Waals surface area contributed by atoms with E-state index in [1.165, 1.54) is 0 Å². The highest BCUT2D eigenvalue weighted by molar-refractivity contribution is 5.91. The quantitative estimate of drug-likeness (QED) is 0.220. The van der Waals surface area contributed by atoms with Crippen LogP contribution in [0.4, 0.5) is 0 Å². The Morgan fingerprint density at radius 3 is 1.92 bits per heavy atom. The van der Waals surface area contributed by atoms with Gasteiger partial charge in [-0.3, -0.25) is 9.59 Å². The van der Waals surface area contributed by atoms with E-state index in [1.54, 1.807) is 12.5 Å². The lowest BCUT2D eigenvalue weighted by Gasteiger charge is -2.23. The minimum Gasteiger partial charge on any atom is -0.354 e. The number of hydrogen-bond donors (Lipinski definition) is 3. The van der Waals surface area contributed by atoms with Gasteiger partial charge in [0.1, 0.15) is 6.04 Å². The molecule has 5 aromatic rings. The third kappa shape index (κ3) is 6.34. The standard InChI is InChI=1S/C33H34N4O2/c1-2-17-35-33(39)31(20-28-21-34-22-36-28)37-32(38)27(18-25-13-7-11-23-9-3-5-15-29(23)25)19-26-14-8-12-24-10-4-6-16-30(24)26/h3-16,21-22,27,31H,2,17-20H2,1H3,(H,34,36)(H,35,39)(H,37,38). The van der Waals surface area contributed by atoms with Crippen molar-refractivity contribution in [2.75, 3.05) is 6.54 Å². The minimum absolute atomic E-state index is 0.136. The third-order valence-corrected chi connectivity index (χ3v) is 7.21. The van der Waals surface area contributed by atoms with Gasteiger partial charge in [-0.1, -0.05) is 91.9 Å². The second-order valence-corrected chi connectivity index (χ2v) is 10.00. The summed E-state index contributed by atoms with van der Waals surface area (Å²) >= 11 is 0. The van der Waals surface area contributed by atoms with Crippen LogP contribution in [-0.2, 0) is 28.9 Å². The first-order valence-corrected chi connectivity index (χ1v) is 13.6. The minimum atomic E-state index is -0.713. The fraction of sp³-hybridized carbons (Fsp3) is 0.242. The summed E-state index contributed by atoms with van der Waals surface area (Å²) in [6.07, 6.45) is 5.60. The molecule has 198 valence electrons. The van der Waals surface area contributed by atoms with Crippen molar-refractivity contribution in [2.45, 2.75) is 38.6 Å². The van der Waals surface area contributed by atoms with Crippen LogP contribution < -0.4 is 10.6 Å². The Balaban J connectivity index is 1.47. The highest BCUT2D eigenvalue weighted by atomic mass is 16.2. The largest absolute Gasteiger partial charge is 0.354 e. The second-order valence-electron chi connectivity index (χ2n) is 10.00. The van der Waals surface area contributed by atoms with Crippen LogP contribution in [0.1, 0.15) is 30.2 Å². The number of aromatic nitrogens is 2. The van der Waals surface area contributed by atoms with Crippen LogP contribution in [0.15, 0.2) is 97.5 Å². The maximum absolute atomic E-state index is 14.0. The molecule has 1 aromatic heterocycles. The Morgan fingerprint density at radius 1 is 0.769 bits per heavy atom. The monoisotopic (exact) mass is 518 g/mol. The van der Waals surface area contributed by atoms with E-state index in [0.717, 1.165) is 44.8 Å². The van der Waals surface area contributed by atoms with E-state index in [0.29, 0.717) is 25.8 Å². The average molecular weight is 519 g/mol. The van der Waals surface area contributed by atoms with E-state index in [1.807, 2.05) is 43.3 Å². The average Bonchev–Trinajstić information content (AvgIpc) is 3.48. The zero-order valence-corrected chi connectivity index (χ0v) is 22.2. The number of nitrogens with one attached hydrogen (secondary N) is 3. The summed E-state index contributed by atoms with van der Waals surface area (Å²) in [5.41, 5.74) is 2.96. The number of nitrogens with zero attached hydrogens (tertiary/aromatic N) is 1. The summed E-state index contributed by atoms with van der Waals surface area (Å²) in [6, 6.07) is 28.3. The molecule has 0 saturated heterocycles. The Hall–Kier alpha value is -4.45. The predicted octanol–water partition coefficient (Wildman–Crippen LogP) is 5.37. The van der Waals surface area contributed by atoms with E-state index in [-0.39, 0.29) is 17.7 Å². The molecule has 3 N–H and O–H groups in total. The van der Waals surface area contributed by atoms with Gasteiger partial charge in [0.05, 0.1) is 12.0 Å². The first kappa shape index (κ1) is 26.2. The molecule has 0 saturated carbocycles. The normalized spacial score (nSPS) is 12.1. The highest BCUT2D eigenvalue weighted by Crippen LogP contribution is 2.26.